The van der Waals surface area contributed by atoms with Crippen molar-refractivity contribution in [2.45, 2.75) is 26.8 Å². The van der Waals surface area contributed by atoms with E-state index in [0.717, 1.165) is 22.4 Å². The second-order valence-corrected chi connectivity index (χ2v) is 6.50. The SMILES string of the molecule is Cc1nn(C)cc1-c1ccc(C(=O)N2CC=C[C@H]2C(C)C)cc1. The fourth-order valence-electron chi connectivity index (χ4n) is 3.18. The van der Waals surface area contributed by atoms with Gasteiger partial charge in [0, 0.05) is 30.9 Å². The summed E-state index contributed by atoms with van der Waals surface area (Å²) in [5.41, 5.74) is 3.93. The standard InChI is InChI=1S/C19H23N3O/c1-13(2)18-6-5-11-22(18)19(23)16-9-7-15(8-10-16)17-12-21(4)20-14(17)3/h5-10,12-13,18H,11H2,1-4H3/t18-/m0/s1. The van der Waals surface area contributed by atoms with Gasteiger partial charge in [0.15, 0.2) is 0 Å². The van der Waals surface area contributed by atoms with Crippen LogP contribution in [0.25, 0.3) is 11.1 Å². The van der Waals surface area contributed by atoms with Crippen LogP contribution >= 0.6 is 0 Å². The van der Waals surface area contributed by atoms with Crippen molar-refractivity contribution in [3.8, 4) is 11.1 Å². The normalized spacial score (nSPS) is 17.3. The molecule has 0 aliphatic carbocycles. The first kappa shape index (κ1) is 15.5. The van der Waals surface area contributed by atoms with Gasteiger partial charge >= 0.3 is 0 Å². The van der Waals surface area contributed by atoms with Gasteiger partial charge in [-0.05, 0) is 30.5 Å². The van der Waals surface area contributed by atoms with Gasteiger partial charge in [0.2, 0.25) is 0 Å². The largest absolute Gasteiger partial charge is 0.328 e. The Morgan fingerprint density at radius 3 is 2.52 bits per heavy atom. The number of rotatable bonds is 3. The summed E-state index contributed by atoms with van der Waals surface area (Å²) in [4.78, 5) is 14.7. The van der Waals surface area contributed by atoms with Gasteiger partial charge in [0.25, 0.3) is 5.91 Å². The first-order chi connectivity index (χ1) is 11.0. The summed E-state index contributed by atoms with van der Waals surface area (Å²) in [7, 11) is 1.92. The molecule has 0 unspecified atom stereocenters. The lowest BCUT2D eigenvalue weighted by Crippen LogP contribution is -2.38. The van der Waals surface area contributed by atoms with E-state index in [4.69, 9.17) is 0 Å². The quantitative estimate of drug-likeness (QED) is 0.815. The van der Waals surface area contributed by atoms with E-state index >= 15 is 0 Å². The highest BCUT2D eigenvalue weighted by Crippen LogP contribution is 2.24. The molecule has 3 rings (SSSR count). The van der Waals surface area contributed by atoms with Crippen LogP contribution in [0.5, 0.6) is 0 Å². The number of benzene rings is 1. The Labute approximate surface area is 137 Å². The zero-order chi connectivity index (χ0) is 16.6. The third-order valence-electron chi connectivity index (χ3n) is 4.40. The summed E-state index contributed by atoms with van der Waals surface area (Å²) in [6.07, 6.45) is 6.22. The number of amides is 1. The van der Waals surface area contributed by atoms with Crippen LogP contribution in [0.4, 0.5) is 0 Å². The molecule has 0 bridgehead atoms. The Bertz CT molecular complexity index is 740. The van der Waals surface area contributed by atoms with Gasteiger partial charge in [-0.1, -0.05) is 38.1 Å². The van der Waals surface area contributed by atoms with Gasteiger partial charge in [0.1, 0.15) is 0 Å². The van der Waals surface area contributed by atoms with Crippen molar-refractivity contribution in [3.63, 3.8) is 0 Å². The molecule has 4 heteroatoms. The maximum Gasteiger partial charge on any atom is 0.254 e. The lowest BCUT2D eigenvalue weighted by atomic mass is 10.0. The molecular weight excluding hydrogens is 286 g/mol. The summed E-state index contributed by atoms with van der Waals surface area (Å²) in [5, 5.41) is 4.37. The third-order valence-corrected chi connectivity index (χ3v) is 4.40. The Balaban J connectivity index is 1.82. The summed E-state index contributed by atoms with van der Waals surface area (Å²) in [6.45, 7) is 6.99. The average Bonchev–Trinajstić information content (AvgIpc) is 3.13. The molecule has 1 atom stereocenters. The van der Waals surface area contributed by atoms with E-state index in [2.05, 4.69) is 31.1 Å². The van der Waals surface area contributed by atoms with Crippen LogP contribution in [0.15, 0.2) is 42.6 Å². The van der Waals surface area contributed by atoms with E-state index in [0.29, 0.717) is 12.5 Å². The maximum atomic E-state index is 12.8. The molecule has 0 radical (unpaired) electrons. The monoisotopic (exact) mass is 309 g/mol. The molecule has 120 valence electrons. The van der Waals surface area contributed by atoms with Crippen molar-refractivity contribution < 1.29 is 4.79 Å². The molecule has 0 N–H and O–H groups in total. The van der Waals surface area contributed by atoms with Crippen molar-refractivity contribution in [2.24, 2.45) is 13.0 Å². The molecule has 1 aromatic heterocycles. The van der Waals surface area contributed by atoms with Crippen LogP contribution in [0.3, 0.4) is 0 Å². The number of carbonyl (C=O) groups is 1. The lowest BCUT2D eigenvalue weighted by Gasteiger charge is -2.27. The van der Waals surface area contributed by atoms with Gasteiger partial charge in [-0.3, -0.25) is 9.48 Å². The summed E-state index contributed by atoms with van der Waals surface area (Å²) in [5.74, 6) is 0.526. The Kier molecular flexibility index (Phi) is 4.07. The molecule has 2 aromatic rings. The van der Waals surface area contributed by atoms with Crippen LogP contribution in [0, 0.1) is 12.8 Å². The molecule has 23 heavy (non-hydrogen) atoms. The molecular formula is C19H23N3O. The fourth-order valence-corrected chi connectivity index (χ4v) is 3.18. The van der Waals surface area contributed by atoms with Gasteiger partial charge in [-0.25, -0.2) is 0 Å². The maximum absolute atomic E-state index is 12.8. The van der Waals surface area contributed by atoms with E-state index in [1.165, 1.54) is 0 Å². The molecule has 1 amide bonds. The molecule has 0 saturated heterocycles. The van der Waals surface area contributed by atoms with Crippen molar-refractivity contribution in [1.82, 2.24) is 14.7 Å². The molecule has 1 aliphatic heterocycles. The van der Waals surface area contributed by atoms with E-state index in [-0.39, 0.29) is 11.9 Å². The third kappa shape index (κ3) is 2.93. The van der Waals surface area contributed by atoms with Crippen molar-refractivity contribution in [3.05, 3.63) is 53.9 Å². The number of hydrogen-bond donors (Lipinski definition) is 0. The number of aryl methyl sites for hydroxylation is 2. The Hall–Kier alpha value is -2.36. The molecule has 1 aromatic carbocycles. The van der Waals surface area contributed by atoms with Crippen LogP contribution in [-0.4, -0.2) is 33.2 Å². The van der Waals surface area contributed by atoms with E-state index in [9.17, 15) is 4.79 Å². The van der Waals surface area contributed by atoms with Gasteiger partial charge in [-0.2, -0.15) is 5.10 Å². The summed E-state index contributed by atoms with van der Waals surface area (Å²) >= 11 is 0. The second-order valence-electron chi connectivity index (χ2n) is 6.50. The molecule has 0 fully saturated rings. The highest BCUT2D eigenvalue weighted by Gasteiger charge is 2.27. The van der Waals surface area contributed by atoms with Gasteiger partial charge < -0.3 is 4.90 Å². The Morgan fingerprint density at radius 1 is 1.26 bits per heavy atom. The molecule has 1 aliphatic rings. The highest BCUT2D eigenvalue weighted by molar-refractivity contribution is 5.95. The van der Waals surface area contributed by atoms with Crippen LogP contribution in [0.2, 0.25) is 0 Å². The zero-order valence-corrected chi connectivity index (χ0v) is 14.2. The topological polar surface area (TPSA) is 38.1 Å². The first-order valence-corrected chi connectivity index (χ1v) is 8.05. The van der Waals surface area contributed by atoms with Crippen LogP contribution in [0.1, 0.15) is 29.9 Å². The Morgan fingerprint density at radius 2 is 1.96 bits per heavy atom. The van der Waals surface area contributed by atoms with Crippen molar-refractivity contribution in [1.29, 1.82) is 0 Å². The minimum absolute atomic E-state index is 0.100. The molecule has 0 saturated carbocycles. The lowest BCUT2D eigenvalue weighted by molar-refractivity contribution is 0.0720. The molecule has 0 spiro atoms. The molecule has 4 nitrogen and oxygen atoms in total. The highest BCUT2D eigenvalue weighted by atomic mass is 16.2. The van der Waals surface area contributed by atoms with Gasteiger partial charge in [-0.15, -0.1) is 0 Å². The van der Waals surface area contributed by atoms with E-state index in [1.54, 1.807) is 0 Å². The number of aromatic nitrogens is 2. The predicted molar refractivity (Wildman–Crippen MR) is 92.2 cm³/mol. The average molecular weight is 309 g/mol. The van der Waals surface area contributed by atoms with E-state index < -0.39 is 0 Å². The smallest absolute Gasteiger partial charge is 0.254 e. The zero-order valence-electron chi connectivity index (χ0n) is 14.2. The minimum atomic E-state index is 0.100. The second kappa shape index (κ2) is 6.03. The van der Waals surface area contributed by atoms with Gasteiger partial charge in [0.05, 0.1) is 11.7 Å². The minimum Gasteiger partial charge on any atom is -0.328 e. The fraction of sp³-hybridized carbons (Fsp3) is 0.368. The number of hydrogen-bond acceptors (Lipinski definition) is 2. The number of carbonyl (C=O) groups excluding carboxylic acids is 1. The van der Waals surface area contributed by atoms with Crippen molar-refractivity contribution >= 4 is 5.91 Å². The summed E-state index contributed by atoms with van der Waals surface area (Å²) in [6, 6.07) is 8.04. The van der Waals surface area contributed by atoms with Crippen LogP contribution in [-0.2, 0) is 7.05 Å². The summed E-state index contributed by atoms with van der Waals surface area (Å²) < 4.78 is 1.81. The predicted octanol–water partition coefficient (Wildman–Crippen LogP) is 3.43. The first-order valence-electron chi connectivity index (χ1n) is 8.05. The molecule has 2 heterocycles. The van der Waals surface area contributed by atoms with Crippen LogP contribution < -0.4 is 0 Å². The van der Waals surface area contributed by atoms with Crippen molar-refractivity contribution in [2.75, 3.05) is 6.54 Å². The van der Waals surface area contributed by atoms with E-state index in [1.807, 2.05) is 54.0 Å². The number of nitrogens with zero attached hydrogens (tertiary/aromatic N) is 3.